The van der Waals surface area contributed by atoms with E-state index in [-0.39, 0.29) is 5.91 Å². The highest BCUT2D eigenvalue weighted by atomic mass is 32.2. The molecular weight excluding hydrogens is 282 g/mol. The van der Waals surface area contributed by atoms with Crippen LogP contribution in [0.1, 0.15) is 24.2 Å². The van der Waals surface area contributed by atoms with Crippen molar-refractivity contribution in [3.63, 3.8) is 0 Å². The van der Waals surface area contributed by atoms with Crippen LogP contribution in [0, 0.1) is 6.92 Å². The Kier molecular flexibility index (Phi) is 5.42. The number of aryl methyl sites for hydroxylation is 1. The lowest BCUT2D eigenvalue weighted by Crippen LogP contribution is -2.13. The highest BCUT2D eigenvalue weighted by molar-refractivity contribution is 8.00. The van der Waals surface area contributed by atoms with Gasteiger partial charge in [-0.2, -0.15) is 0 Å². The van der Waals surface area contributed by atoms with Crippen LogP contribution in [0.2, 0.25) is 0 Å². The fourth-order valence-corrected chi connectivity index (χ4v) is 2.52. The molecule has 3 nitrogen and oxygen atoms in total. The van der Waals surface area contributed by atoms with Crippen molar-refractivity contribution in [2.45, 2.75) is 24.8 Å². The monoisotopic (exact) mass is 301 g/mol. The maximum Gasteiger partial charge on any atom is 0.234 e. The van der Waals surface area contributed by atoms with Gasteiger partial charge >= 0.3 is 0 Å². The van der Waals surface area contributed by atoms with Crippen molar-refractivity contribution in [2.24, 2.45) is 0 Å². The smallest absolute Gasteiger partial charge is 0.234 e. The first-order valence-electron chi connectivity index (χ1n) is 6.82. The van der Waals surface area contributed by atoms with Crippen molar-refractivity contribution in [1.82, 2.24) is 0 Å². The van der Waals surface area contributed by atoms with Gasteiger partial charge in [-0.05, 0) is 43.7 Å². The number of hydrogen-bond acceptors (Lipinski definition) is 3. The molecule has 0 bridgehead atoms. The molecule has 0 aliphatic carbocycles. The summed E-state index contributed by atoms with van der Waals surface area (Å²) in [5, 5.41) is 12.3. The van der Waals surface area contributed by atoms with Gasteiger partial charge in [-0.3, -0.25) is 4.79 Å². The van der Waals surface area contributed by atoms with E-state index in [2.05, 4.69) is 5.32 Å². The van der Waals surface area contributed by atoms with Crippen molar-refractivity contribution < 1.29 is 9.90 Å². The quantitative estimate of drug-likeness (QED) is 0.826. The molecule has 0 spiro atoms. The van der Waals surface area contributed by atoms with Gasteiger partial charge in [-0.15, -0.1) is 11.8 Å². The molecule has 0 heterocycles. The van der Waals surface area contributed by atoms with Gasteiger partial charge in [0.2, 0.25) is 5.91 Å². The molecule has 1 atom stereocenters. The number of amides is 1. The SMILES string of the molecule is Cc1ccc(NC(=O)CSc2ccc(C(C)O)cc2)cc1. The van der Waals surface area contributed by atoms with Crippen LogP contribution in [0.4, 0.5) is 5.69 Å². The first-order valence-corrected chi connectivity index (χ1v) is 7.80. The van der Waals surface area contributed by atoms with E-state index >= 15 is 0 Å². The summed E-state index contributed by atoms with van der Waals surface area (Å²) in [4.78, 5) is 12.9. The Labute approximate surface area is 129 Å². The second-order valence-electron chi connectivity index (χ2n) is 4.95. The summed E-state index contributed by atoms with van der Waals surface area (Å²) in [6.45, 7) is 3.75. The van der Waals surface area contributed by atoms with Crippen LogP contribution in [0.15, 0.2) is 53.4 Å². The van der Waals surface area contributed by atoms with E-state index in [9.17, 15) is 9.90 Å². The summed E-state index contributed by atoms with van der Waals surface area (Å²) in [7, 11) is 0. The van der Waals surface area contributed by atoms with Crippen molar-refractivity contribution in [3.05, 3.63) is 59.7 Å². The molecule has 2 aromatic carbocycles. The van der Waals surface area contributed by atoms with Crippen LogP contribution in [0.5, 0.6) is 0 Å². The topological polar surface area (TPSA) is 49.3 Å². The third-order valence-corrected chi connectivity index (χ3v) is 4.08. The maximum absolute atomic E-state index is 11.9. The number of thioether (sulfide) groups is 1. The van der Waals surface area contributed by atoms with E-state index < -0.39 is 6.10 Å². The summed E-state index contributed by atoms with van der Waals surface area (Å²) >= 11 is 1.48. The molecule has 0 aliphatic rings. The molecule has 0 aromatic heterocycles. The Balaban J connectivity index is 1.84. The average Bonchev–Trinajstić information content (AvgIpc) is 2.48. The molecule has 0 fully saturated rings. The zero-order valence-electron chi connectivity index (χ0n) is 12.2. The minimum Gasteiger partial charge on any atom is -0.389 e. The average molecular weight is 301 g/mol. The van der Waals surface area contributed by atoms with Crippen LogP contribution in [-0.2, 0) is 4.79 Å². The predicted octanol–water partition coefficient (Wildman–Crippen LogP) is 3.78. The van der Waals surface area contributed by atoms with E-state index in [1.165, 1.54) is 17.3 Å². The largest absolute Gasteiger partial charge is 0.389 e. The summed E-state index contributed by atoms with van der Waals surface area (Å²) in [6, 6.07) is 15.3. The number of nitrogens with one attached hydrogen (secondary N) is 1. The standard InChI is InChI=1S/C17H19NO2S/c1-12-3-7-15(8-4-12)18-17(20)11-21-16-9-5-14(6-10-16)13(2)19/h3-10,13,19H,11H2,1-2H3,(H,18,20). The molecule has 0 saturated carbocycles. The molecule has 2 rings (SSSR count). The Morgan fingerprint density at radius 3 is 2.33 bits per heavy atom. The Morgan fingerprint density at radius 2 is 1.76 bits per heavy atom. The zero-order chi connectivity index (χ0) is 15.2. The summed E-state index contributed by atoms with van der Waals surface area (Å²) in [5.41, 5.74) is 2.86. The summed E-state index contributed by atoms with van der Waals surface area (Å²) < 4.78 is 0. The Hall–Kier alpha value is -1.78. The number of anilines is 1. The fourth-order valence-electron chi connectivity index (χ4n) is 1.83. The molecule has 0 radical (unpaired) electrons. The molecule has 1 amide bonds. The molecule has 21 heavy (non-hydrogen) atoms. The molecular formula is C17H19NO2S. The predicted molar refractivity (Wildman–Crippen MR) is 87.6 cm³/mol. The van der Waals surface area contributed by atoms with Gasteiger partial charge in [-0.1, -0.05) is 29.8 Å². The molecule has 4 heteroatoms. The Morgan fingerprint density at radius 1 is 1.14 bits per heavy atom. The third kappa shape index (κ3) is 4.92. The summed E-state index contributed by atoms with van der Waals surface area (Å²) in [6.07, 6.45) is -0.464. The van der Waals surface area contributed by atoms with Crippen LogP contribution in [-0.4, -0.2) is 16.8 Å². The number of carbonyl (C=O) groups is 1. The molecule has 2 aromatic rings. The number of rotatable bonds is 5. The first kappa shape index (κ1) is 15.6. The molecule has 1 unspecified atom stereocenters. The van der Waals surface area contributed by atoms with Crippen molar-refractivity contribution in [2.75, 3.05) is 11.1 Å². The van der Waals surface area contributed by atoms with Gasteiger partial charge in [0, 0.05) is 10.6 Å². The number of carbonyl (C=O) groups excluding carboxylic acids is 1. The van der Waals surface area contributed by atoms with Gasteiger partial charge in [0.05, 0.1) is 11.9 Å². The molecule has 2 N–H and O–H groups in total. The lowest BCUT2D eigenvalue weighted by molar-refractivity contribution is -0.113. The van der Waals surface area contributed by atoms with Gasteiger partial charge in [0.1, 0.15) is 0 Å². The third-order valence-electron chi connectivity index (χ3n) is 3.07. The van der Waals surface area contributed by atoms with Crippen molar-refractivity contribution >= 4 is 23.4 Å². The second kappa shape index (κ2) is 7.29. The minimum absolute atomic E-state index is 0.0246. The number of aliphatic hydroxyl groups is 1. The fraction of sp³-hybridized carbons (Fsp3) is 0.235. The Bertz CT molecular complexity index is 591. The van der Waals surface area contributed by atoms with Crippen LogP contribution >= 0.6 is 11.8 Å². The zero-order valence-corrected chi connectivity index (χ0v) is 13.0. The van der Waals surface area contributed by atoms with Gasteiger partial charge in [-0.25, -0.2) is 0 Å². The summed E-state index contributed by atoms with van der Waals surface area (Å²) in [5.74, 6) is 0.338. The van der Waals surface area contributed by atoms with Crippen LogP contribution < -0.4 is 5.32 Å². The van der Waals surface area contributed by atoms with Crippen LogP contribution in [0.3, 0.4) is 0 Å². The van der Waals surface area contributed by atoms with Crippen LogP contribution in [0.25, 0.3) is 0 Å². The minimum atomic E-state index is -0.464. The van der Waals surface area contributed by atoms with Gasteiger partial charge in [0.15, 0.2) is 0 Å². The maximum atomic E-state index is 11.9. The van der Waals surface area contributed by atoms with Gasteiger partial charge in [0.25, 0.3) is 0 Å². The van der Waals surface area contributed by atoms with E-state index in [4.69, 9.17) is 0 Å². The van der Waals surface area contributed by atoms with Crippen molar-refractivity contribution in [1.29, 1.82) is 0 Å². The molecule has 110 valence electrons. The lowest BCUT2D eigenvalue weighted by atomic mass is 10.1. The molecule has 0 aliphatic heterocycles. The lowest BCUT2D eigenvalue weighted by Gasteiger charge is -2.07. The van der Waals surface area contributed by atoms with E-state index in [1.54, 1.807) is 6.92 Å². The number of aliphatic hydroxyl groups excluding tert-OH is 1. The van der Waals surface area contributed by atoms with Gasteiger partial charge < -0.3 is 10.4 Å². The second-order valence-corrected chi connectivity index (χ2v) is 6.00. The highest BCUT2D eigenvalue weighted by Crippen LogP contribution is 2.21. The van der Waals surface area contributed by atoms with E-state index in [0.717, 1.165) is 16.1 Å². The van der Waals surface area contributed by atoms with E-state index in [0.29, 0.717) is 5.75 Å². The normalized spacial score (nSPS) is 12.0. The number of hydrogen-bond donors (Lipinski definition) is 2. The van der Waals surface area contributed by atoms with Crippen molar-refractivity contribution in [3.8, 4) is 0 Å². The first-order chi connectivity index (χ1) is 10.0. The van der Waals surface area contributed by atoms with E-state index in [1.807, 2.05) is 55.5 Å². The highest BCUT2D eigenvalue weighted by Gasteiger charge is 2.05. The number of benzene rings is 2. The molecule has 0 saturated heterocycles.